The molecule has 5 rings (SSSR count). The average Bonchev–Trinajstić information content (AvgIpc) is 3.20. The summed E-state index contributed by atoms with van der Waals surface area (Å²) in [7, 11) is 0. The molecule has 3 aliphatic heterocycles. The third-order valence-electron chi connectivity index (χ3n) is 5.36. The number of alkyl halides is 2. The third-order valence-corrected chi connectivity index (χ3v) is 5.36. The van der Waals surface area contributed by atoms with Crippen LogP contribution in [0.15, 0.2) is 34.3 Å². The van der Waals surface area contributed by atoms with Gasteiger partial charge in [0.15, 0.2) is 5.82 Å². The van der Waals surface area contributed by atoms with Crippen LogP contribution in [0.5, 0.6) is 0 Å². The number of para-hydroxylation sites is 2. The zero-order chi connectivity index (χ0) is 20.5. The second-order valence-corrected chi connectivity index (χ2v) is 7.18. The molecule has 30 heavy (non-hydrogen) atoms. The van der Waals surface area contributed by atoms with E-state index in [1.54, 1.807) is 23.2 Å². The molecule has 0 aliphatic carbocycles. The van der Waals surface area contributed by atoms with Crippen LogP contribution in [0.2, 0.25) is 0 Å². The molecule has 0 amide bonds. The predicted molar refractivity (Wildman–Crippen MR) is 107 cm³/mol. The van der Waals surface area contributed by atoms with Gasteiger partial charge in [-0.25, -0.2) is 28.4 Å². The Hall–Kier alpha value is -2.79. The van der Waals surface area contributed by atoms with Crippen LogP contribution in [-0.4, -0.2) is 90.7 Å². The van der Waals surface area contributed by atoms with Gasteiger partial charge in [0.1, 0.15) is 6.67 Å². The van der Waals surface area contributed by atoms with Crippen molar-refractivity contribution >= 4 is 23.0 Å². The summed E-state index contributed by atoms with van der Waals surface area (Å²) in [6.07, 6.45) is -2.73. The summed E-state index contributed by atoms with van der Waals surface area (Å²) in [6, 6.07) is 7.12. The molecule has 3 aliphatic rings. The molecule has 0 atom stereocenters. The molecule has 2 saturated heterocycles. The number of halogens is 2. The maximum absolute atomic E-state index is 13.9. The Bertz CT molecular complexity index is 965. The van der Waals surface area contributed by atoms with E-state index in [1.165, 1.54) is 4.68 Å². The van der Waals surface area contributed by atoms with Gasteiger partial charge in [0, 0.05) is 26.2 Å². The maximum Gasteiger partial charge on any atom is 0.297 e. The van der Waals surface area contributed by atoms with Gasteiger partial charge in [0.05, 0.1) is 37.5 Å². The van der Waals surface area contributed by atoms with Gasteiger partial charge in [-0.2, -0.15) is 4.99 Å². The molecule has 0 spiro atoms. The second-order valence-electron chi connectivity index (χ2n) is 7.18. The number of nitrogens with zero attached hydrogens (tertiary/aromatic N) is 7. The Balaban J connectivity index is 1.57. The minimum atomic E-state index is -2.73. The number of aromatic nitrogens is 2. The summed E-state index contributed by atoms with van der Waals surface area (Å²) in [5.74, 6) is 0.876. The van der Waals surface area contributed by atoms with Crippen molar-refractivity contribution in [3.63, 3.8) is 0 Å². The molecular weight excluding hydrogens is 396 g/mol. The van der Waals surface area contributed by atoms with E-state index in [4.69, 9.17) is 14.5 Å². The molecule has 160 valence electrons. The van der Waals surface area contributed by atoms with Crippen molar-refractivity contribution in [2.24, 2.45) is 9.98 Å². The quantitative estimate of drug-likeness (QED) is 0.730. The molecule has 0 bridgehead atoms. The smallest absolute Gasteiger partial charge is 0.297 e. The highest BCUT2D eigenvalue weighted by molar-refractivity contribution is 6.02. The highest BCUT2D eigenvalue weighted by Crippen LogP contribution is 2.26. The van der Waals surface area contributed by atoms with Gasteiger partial charge < -0.3 is 19.3 Å². The van der Waals surface area contributed by atoms with E-state index in [-0.39, 0.29) is 12.5 Å². The minimum Gasteiger partial charge on any atom is -0.378 e. The molecule has 11 heteroatoms. The fraction of sp³-hybridized carbons (Fsp3) is 0.526. The van der Waals surface area contributed by atoms with Crippen molar-refractivity contribution < 1.29 is 18.3 Å². The van der Waals surface area contributed by atoms with E-state index < -0.39 is 6.43 Å². The average molecular weight is 419 g/mol. The van der Waals surface area contributed by atoms with Gasteiger partial charge >= 0.3 is 0 Å². The molecule has 0 radical (unpaired) electrons. The van der Waals surface area contributed by atoms with Crippen LogP contribution in [0.1, 0.15) is 12.2 Å². The van der Waals surface area contributed by atoms with E-state index >= 15 is 0 Å². The lowest BCUT2D eigenvalue weighted by Gasteiger charge is -2.39. The first-order valence-electron chi connectivity index (χ1n) is 10.0. The molecule has 1 aromatic heterocycles. The lowest BCUT2D eigenvalue weighted by atomic mass is 10.3. The van der Waals surface area contributed by atoms with Gasteiger partial charge in [0.2, 0.25) is 11.9 Å². The van der Waals surface area contributed by atoms with Crippen molar-refractivity contribution in [2.75, 3.05) is 64.3 Å². The SMILES string of the molecule is FC(F)c1nc2ccccc2n1N1CN=C(N2CCOCC2)N=C1N1CCOCC1. The maximum atomic E-state index is 13.9. The summed E-state index contributed by atoms with van der Waals surface area (Å²) in [5, 5.41) is 1.69. The first kappa shape index (κ1) is 19.2. The van der Waals surface area contributed by atoms with Gasteiger partial charge in [-0.1, -0.05) is 12.1 Å². The number of imidazole rings is 1. The normalized spacial score (nSPS) is 20.7. The molecular formula is C19H23F2N7O2. The first-order valence-corrected chi connectivity index (χ1v) is 10.0. The van der Waals surface area contributed by atoms with Crippen LogP contribution in [0, 0.1) is 0 Å². The number of hydrogen-bond acceptors (Lipinski definition) is 8. The van der Waals surface area contributed by atoms with Crippen molar-refractivity contribution in [2.45, 2.75) is 6.43 Å². The van der Waals surface area contributed by atoms with E-state index in [0.29, 0.717) is 75.6 Å². The van der Waals surface area contributed by atoms with Crippen molar-refractivity contribution in [1.29, 1.82) is 0 Å². The Morgan fingerprint density at radius 1 is 0.900 bits per heavy atom. The van der Waals surface area contributed by atoms with E-state index in [0.717, 1.165) is 0 Å². The molecule has 0 N–H and O–H groups in total. The molecule has 2 aromatic rings. The van der Waals surface area contributed by atoms with Gasteiger partial charge in [-0.15, -0.1) is 0 Å². The zero-order valence-corrected chi connectivity index (χ0v) is 16.5. The second kappa shape index (κ2) is 8.15. The fourth-order valence-electron chi connectivity index (χ4n) is 3.89. The van der Waals surface area contributed by atoms with Crippen LogP contribution in [0.3, 0.4) is 0 Å². The van der Waals surface area contributed by atoms with Gasteiger partial charge in [-0.05, 0) is 12.1 Å². The number of aliphatic imine (C=N–C) groups is 2. The topological polar surface area (TPSA) is 70.7 Å². The standard InChI is InChI=1S/C19H23F2N7O2/c20-16(21)17-23-14-3-1-2-4-15(14)28(17)27-13-22-18(25-5-9-29-10-6-25)24-19(27)26-7-11-30-12-8-26/h1-4,16H,5-13H2. The van der Waals surface area contributed by atoms with Crippen molar-refractivity contribution in [3.8, 4) is 0 Å². The van der Waals surface area contributed by atoms with Crippen LogP contribution < -0.4 is 5.01 Å². The van der Waals surface area contributed by atoms with Crippen LogP contribution in [-0.2, 0) is 9.47 Å². The number of guanidine groups is 2. The van der Waals surface area contributed by atoms with E-state index in [2.05, 4.69) is 19.8 Å². The van der Waals surface area contributed by atoms with Crippen LogP contribution in [0.4, 0.5) is 8.78 Å². The molecule has 0 saturated carbocycles. The fourth-order valence-corrected chi connectivity index (χ4v) is 3.89. The zero-order valence-electron chi connectivity index (χ0n) is 16.5. The van der Waals surface area contributed by atoms with E-state index in [1.807, 2.05) is 6.07 Å². The summed E-state index contributed by atoms with van der Waals surface area (Å²) in [6.45, 7) is 5.18. The number of rotatable bonds is 2. The van der Waals surface area contributed by atoms with Gasteiger partial charge in [0.25, 0.3) is 6.43 Å². The Labute approximate surface area is 172 Å². The number of hydrogen-bond donors (Lipinski definition) is 0. The Kier molecular flexibility index (Phi) is 5.21. The monoisotopic (exact) mass is 419 g/mol. The highest BCUT2D eigenvalue weighted by Gasteiger charge is 2.32. The summed E-state index contributed by atoms with van der Waals surface area (Å²) in [4.78, 5) is 17.7. The molecule has 1 aromatic carbocycles. The molecule has 4 heterocycles. The number of ether oxygens (including phenoxy) is 2. The predicted octanol–water partition coefficient (Wildman–Crippen LogP) is 1.26. The molecule has 9 nitrogen and oxygen atoms in total. The molecule has 0 unspecified atom stereocenters. The highest BCUT2D eigenvalue weighted by atomic mass is 19.3. The van der Waals surface area contributed by atoms with Crippen LogP contribution >= 0.6 is 0 Å². The summed E-state index contributed by atoms with van der Waals surface area (Å²) < 4.78 is 40.2. The summed E-state index contributed by atoms with van der Waals surface area (Å²) >= 11 is 0. The number of benzene rings is 1. The molecule has 2 fully saturated rings. The number of fused-ring (bicyclic) bond motifs is 1. The van der Waals surface area contributed by atoms with Gasteiger partial charge in [-0.3, -0.25) is 0 Å². The van der Waals surface area contributed by atoms with E-state index in [9.17, 15) is 8.78 Å². The van der Waals surface area contributed by atoms with Crippen molar-refractivity contribution in [1.82, 2.24) is 19.5 Å². The van der Waals surface area contributed by atoms with Crippen molar-refractivity contribution in [3.05, 3.63) is 30.1 Å². The largest absolute Gasteiger partial charge is 0.378 e. The van der Waals surface area contributed by atoms with Crippen LogP contribution in [0.25, 0.3) is 11.0 Å². The summed E-state index contributed by atoms with van der Waals surface area (Å²) in [5.41, 5.74) is 1.11. The lowest BCUT2D eigenvalue weighted by molar-refractivity contribution is 0.0645. The lowest BCUT2D eigenvalue weighted by Crippen LogP contribution is -2.56. The third kappa shape index (κ3) is 3.47. The number of morpholine rings is 2. The Morgan fingerprint density at radius 3 is 2.27 bits per heavy atom. The minimum absolute atomic E-state index is 0.170. The Morgan fingerprint density at radius 2 is 1.57 bits per heavy atom. The first-order chi connectivity index (χ1) is 14.7.